The van der Waals surface area contributed by atoms with Crippen LogP contribution in [-0.2, 0) is 6.42 Å². The Labute approximate surface area is 61.8 Å². The van der Waals surface area contributed by atoms with E-state index in [2.05, 4.69) is 15.4 Å². The van der Waals surface area contributed by atoms with Gasteiger partial charge < -0.3 is 0 Å². The number of halogens is 2. The van der Waals surface area contributed by atoms with Crippen molar-refractivity contribution in [2.24, 2.45) is 0 Å². The molecule has 0 aromatic carbocycles. The Balaban J connectivity index is 2.38. The van der Waals surface area contributed by atoms with Crippen LogP contribution in [0.2, 0.25) is 0 Å². The van der Waals surface area contributed by atoms with E-state index in [1.807, 2.05) is 0 Å². The van der Waals surface area contributed by atoms with Gasteiger partial charge in [0.1, 0.15) is 11.9 Å². The summed E-state index contributed by atoms with van der Waals surface area (Å²) in [7, 11) is 0. The molecule has 0 aliphatic heterocycles. The summed E-state index contributed by atoms with van der Waals surface area (Å²) in [5, 5.41) is 9.52. The van der Waals surface area contributed by atoms with E-state index >= 15 is 0 Å². The molecule has 0 saturated heterocycles. The van der Waals surface area contributed by atoms with Crippen molar-refractivity contribution in [2.45, 2.75) is 25.2 Å². The number of fused-ring (bicyclic) bond motifs is 1. The molecule has 1 aliphatic rings. The molecule has 11 heavy (non-hydrogen) atoms. The lowest BCUT2D eigenvalue weighted by Crippen LogP contribution is -2.18. The maximum absolute atomic E-state index is 12.9. The molecule has 0 bridgehead atoms. The Morgan fingerprint density at radius 3 is 3.00 bits per heavy atom. The van der Waals surface area contributed by atoms with Crippen molar-refractivity contribution in [3.63, 3.8) is 0 Å². The second-order valence-electron chi connectivity index (χ2n) is 2.61. The third-order valence-corrected chi connectivity index (χ3v) is 1.89. The Bertz CT molecular complexity index is 260. The summed E-state index contributed by atoms with van der Waals surface area (Å²) < 4.78 is 25.6. The third kappa shape index (κ3) is 0.911. The van der Waals surface area contributed by atoms with E-state index in [1.165, 1.54) is 0 Å². The Morgan fingerprint density at radius 2 is 2.18 bits per heavy atom. The standard InChI is InChI=1S/C6H7F2N3/c7-3-1-2-4-6(5(3)8)10-11-9-4/h3,5H,1-2H2,(H,9,10,11). The van der Waals surface area contributed by atoms with E-state index in [0.29, 0.717) is 12.1 Å². The maximum Gasteiger partial charge on any atom is 0.177 e. The van der Waals surface area contributed by atoms with E-state index in [0.717, 1.165) is 0 Å². The molecule has 1 heterocycles. The highest BCUT2D eigenvalue weighted by Gasteiger charge is 2.32. The normalized spacial score (nSPS) is 30.0. The van der Waals surface area contributed by atoms with Crippen LogP contribution in [0.3, 0.4) is 0 Å². The monoisotopic (exact) mass is 159 g/mol. The lowest BCUT2D eigenvalue weighted by atomic mass is 9.98. The highest BCUT2D eigenvalue weighted by molar-refractivity contribution is 5.16. The van der Waals surface area contributed by atoms with Crippen LogP contribution in [0.5, 0.6) is 0 Å². The number of H-pyrrole nitrogens is 1. The summed E-state index contributed by atoms with van der Waals surface area (Å²) in [5.74, 6) is 0. The van der Waals surface area contributed by atoms with Gasteiger partial charge in [-0.05, 0) is 12.8 Å². The highest BCUT2D eigenvalue weighted by atomic mass is 19.2. The number of aromatic amines is 1. The highest BCUT2D eigenvalue weighted by Crippen LogP contribution is 2.31. The number of aromatic nitrogens is 3. The Morgan fingerprint density at radius 1 is 1.36 bits per heavy atom. The molecular formula is C6H7F2N3. The summed E-state index contributed by atoms with van der Waals surface area (Å²) >= 11 is 0. The maximum atomic E-state index is 12.9. The molecule has 1 aliphatic carbocycles. The number of hydrogen-bond acceptors (Lipinski definition) is 2. The van der Waals surface area contributed by atoms with Crippen LogP contribution in [0, 0.1) is 0 Å². The minimum atomic E-state index is -1.59. The number of hydrogen-bond donors (Lipinski definition) is 1. The first kappa shape index (κ1) is 6.69. The van der Waals surface area contributed by atoms with Crippen LogP contribution in [0.1, 0.15) is 24.0 Å². The SMILES string of the molecule is FC1CCc2n[nH]nc2C1F. The van der Waals surface area contributed by atoms with Crippen molar-refractivity contribution >= 4 is 0 Å². The van der Waals surface area contributed by atoms with Gasteiger partial charge in [0, 0.05) is 0 Å². The van der Waals surface area contributed by atoms with E-state index in [-0.39, 0.29) is 12.1 Å². The van der Waals surface area contributed by atoms with Gasteiger partial charge >= 0.3 is 0 Å². The predicted molar refractivity (Wildman–Crippen MR) is 33.4 cm³/mol. The van der Waals surface area contributed by atoms with Gasteiger partial charge in [-0.15, -0.1) is 0 Å². The minimum Gasteiger partial charge on any atom is -0.244 e. The average Bonchev–Trinajstić information content (AvgIpc) is 2.45. The average molecular weight is 159 g/mol. The minimum absolute atomic E-state index is 0.142. The van der Waals surface area contributed by atoms with Gasteiger partial charge in [0.05, 0.1) is 5.69 Å². The summed E-state index contributed by atoms with van der Waals surface area (Å²) in [4.78, 5) is 0. The molecule has 2 rings (SSSR count). The van der Waals surface area contributed by atoms with Crippen molar-refractivity contribution in [2.75, 3.05) is 0 Å². The molecule has 60 valence electrons. The van der Waals surface area contributed by atoms with Crippen molar-refractivity contribution in [3.05, 3.63) is 11.4 Å². The van der Waals surface area contributed by atoms with E-state index < -0.39 is 12.3 Å². The van der Waals surface area contributed by atoms with Gasteiger partial charge in [-0.2, -0.15) is 15.4 Å². The quantitative estimate of drug-likeness (QED) is 0.615. The molecule has 0 radical (unpaired) electrons. The predicted octanol–water partition coefficient (Wildman–Crippen LogP) is 1.10. The zero-order valence-corrected chi connectivity index (χ0v) is 5.72. The van der Waals surface area contributed by atoms with Gasteiger partial charge in [0.2, 0.25) is 0 Å². The molecule has 5 heteroatoms. The van der Waals surface area contributed by atoms with Crippen LogP contribution in [0.4, 0.5) is 8.78 Å². The fraction of sp³-hybridized carbons (Fsp3) is 0.667. The molecule has 1 N–H and O–H groups in total. The zero-order chi connectivity index (χ0) is 7.84. The molecular weight excluding hydrogens is 152 g/mol. The summed E-state index contributed by atoms with van der Waals surface area (Å²) in [6.45, 7) is 0. The smallest absolute Gasteiger partial charge is 0.177 e. The number of alkyl halides is 2. The fourth-order valence-corrected chi connectivity index (χ4v) is 1.26. The molecule has 1 aromatic heterocycles. The first-order valence-electron chi connectivity index (χ1n) is 3.46. The van der Waals surface area contributed by atoms with Crippen molar-refractivity contribution in [1.29, 1.82) is 0 Å². The van der Waals surface area contributed by atoms with Gasteiger partial charge in [-0.1, -0.05) is 0 Å². The van der Waals surface area contributed by atoms with Crippen LogP contribution in [0.15, 0.2) is 0 Å². The molecule has 2 atom stereocenters. The van der Waals surface area contributed by atoms with Crippen molar-refractivity contribution in [3.8, 4) is 0 Å². The molecule has 0 saturated carbocycles. The largest absolute Gasteiger partial charge is 0.244 e. The fourth-order valence-electron chi connectivity index (χ4n) is 1.26. The van der Waals surface area contributed by atoms with Gasteiger partial charge in [-0.3, -0.25) is 0 Å². The van der Waals surface area contributed by atoms with Crippen molar-refractivity contribution < 1.29 is 8.78 Å². The molecule has 1 aromatic rings. The topological polar surface area (TPSA) is 41.6 Å². The molecule has 0 fully saturated rings. The third-order valence-electron chi connectivity index (χ3n) is 1.89. The number of rotatable bonds is 0. The van der Waals surface area contributed by atoms with Crippen molar-refractivity contribution in [1.82, 2.24) is 15.4 Å². The Hall–Kier alpha value is -1.00. The van der Waals surface area contributed by atoms with Crippen LogP contribution in [-0.4, -0.2) is 21.6 Å². The van der Waals surface area contributed by atoms with Crippen LogP contribution >= 0.6 is 0 Å². The number of nitrogens with one attached hydrogen (secondary N) is 1. The lowest BCUT2D eigenvalue weighted by Gasteiger charge is -2.16. The summed E-state index contributed by atoms with van der Waals surface area (Å²) in [5.41, 5.74) is 0.704. The van der Waals surface area contributed by atoms with E-state index in [4.69, 9.17) is 0 Å². The summed E-state index contributed by atoms with van der Waals surface area (Å²) in [6, 6.07) is 0. The second-order valence-corrected chi connectivity index (χ2v) is 2.61. The Kier molecular flexibility index (Phi) is 1.37. The molecule has 0 amide bonds. The zero-order valence-electron chi connectivity index (χ0n) is 5.72. The summed E-state index contributed by atoms with van der Waals surface area (Å²) in [6.07, 6.45) is -2.31. The first-order valence-corrected chi connectivity index (χ1v) is 3.46. The molecule has 0 spiro atoms. The van der Waals surface area contributed by atoms with Crippen LogP contribution < -0.4 is 0 Å². The lowest BCUT2D eigenvalue weighted by molar-refractivity contribution is 0.144. The van der Waals surface area contributed by atoms with E-state index in [9.17, 15) is 8.78 Å². The van der Waals surface area contributed by atoms with Crippen LogP contribution in [0.25, 0.3) is 0 Å². The molecule has 2 unspecified atom stereocenters. The number of aryl methyl sites for hydroxylation is 1. The van der Waals surface area contributed by atoms with E-state index in [1.54, 1.807) is 0 Å². The van der Waals surface area contributed by atoms with Gasteiger partial charge in [0.25, 0.3) is 0 Å². The molecule has 3 nitrogen and oxygen atoms in total. The number of nitrogens with zero attached hydrogens (tertiary/aromatic N) is 2. The van der Waals surface area contributed by atoms with Gasteiger partial charge in [0.15, 0.2) is 6.17 Å². The van der Waals surface area contributed by atoms with Gasteiger partial charge in [-0.25, -0.2) is 8.78 Å². The second kappa shape index (κ2) is 2.25. The first-order chi connectivity index (χ1) is 5.29.